The maximum Gasteiger partial charge on any atom is 0.123 e. The summed E-state index contributed by atoms with van der Waals surface area (Å²) >= 11 is 5.97. The second kappa shape index (κ2) is 10.0. The van der Waals surface area contributed by atoms with Crippen molar-refractivity contribution in [2.75, 3.05) is 19.7 Å². The van der Waals surface area contributed by atoms with Crippen molar-refractivity contribution in [3.05, 3.63) is 64.9 Å². The first-order chi connectivity index (χ1) is 11.7. The number of benzene rings is 2. The molecule has 3 rings (SSSR count). The van der Waals surface area contributed by atoms with Gasteiger partial charge in [0.15, 0.2) is 0 Å². The van der Waals surface area contributed by atoms with Crippen LogP contribution in [-0.2, 0) is 6.42 Å². The topological polar surface area (TPSA) is 12.5 Å². The predicted molar refractivity (Wildman–Crippen MR) is 104 cm³/mol. The molecule has 1 unspecified atom stereocenters. The van der Waals surface area contributed by atoms with Crippen LogP contribution in [0.3, 0.4) is 0 Å². The van der Waals surface area contributed by atoms with E-state index >= 15 is 0 Å². The fourth-order valence-corrected chi connectivity index (χ4v) is 3.42. The summed E-state index contributed by atoms with van der Waals surface area (Å²) in [7, 11) is 0. The zero-order valence-electron chi connectivity index (χ0n) is 14.2. The molecule has 1 fully saturated rings. The lowest BCUT2D eigenvalue weighted by Gasteiger charge is -2.35. The molecule has 0 spiro atoms. The Morgan fingerprint density at radius 2 is 1.76 bits per heavy atom. The van der Waals surface area contributed by atoms with Crippen LogP contribution in [-0.4, -0.2) is 30.6 Å². The van der Waals surface area contributed by atoms with Gasteiger partial charge >= 0.3 is 0 Å². The summed E-state index contributed by atoms with van der Waals surface area (Å²) in [6.07, 6.45) is 4.80. The van der Waals surface area contributed by atoms with Gasteiger partial charge in [-0.2, -0.15) is 0 Å². The third-order valence-electron chi connectivity index (χ3n) is 4.59. The van der Waals surface area contributed by atoms with Crippen LogP contribution in [0.4, 0.5) is 4.39 Å². The second-order valence-electron chi connectivity index (χ2n) is 6.32. The maximum absolute atomic E-state index is 12.9. The Morgan fingerprint density at radius 1 is 1.04 bits per heavy atom. The van der Waals surface area contributed by atoms with E-state index in [1.165, 1.54) is 37.0 Å². The lowest BCUT2D eigenvalue weighted by molar-refractivity contribution is 0.122. The van der Waals surface area contributed by atoms with Gasteiger partial charge in [-0.25, -0.2) is 4.39 Å². The van der Waals surface area contributed by atoms with Gasteiger partial charge < -0.3 is 4.74 Å². The van der Waals surface area contributed by atoms with Crippen molar-refractivity contribution >= 4 is 24.0 Å². The third-order valence-corrected chi connectivity index (χ3v) is 4.85. The number of likely N-dealkylation sites (tertiary alicyclic amines) is 1. The van der Waals surface area contributed by atoms with Gasteiger partial charge in [-0.15, -0.1) is 12.4 Å². The van der Waals surface area contributed by atoms with E-state index in [0.717, 1.165) is 30.3 Å². The Bertz CT molecular complexity index is 633. The maximum atomic E-state index is 12.9. The molecular weight excluding hydrogens is 360 g/mol. The van der Waals surface area contributed by atoms with Gasteiger partial charge in [-0.3, -0.25) is 4.90 Å². The summed E-state index contributed by atoms with van der Waals surface area (Å²) < 4.78 is 18.7. The van der Waals surface area contributed by atoms with E-state index in [1.54, 1.807) is 12.1 Å². The molecule has 0 aromatic heterocycles. The van der Waals surface area contributed by atoms with Gasteiger partial charge in [-0.1, -0.05) is 30.2 Å². The monoisotopic (exact) mass is 383 g/mol. The van der Waals surface area contributed by atoms with E-state index in [2.05, 4.69) is 17.0 Å². The molecule has 0 N–H and O–H groups in total. The second-order valence-corrected chi connectivity index (χ2v) is 6.75. The van der Waals surface area contributed by atoms with Crippen LogP contribution in [0.5, 0.6) is 5.75 Å². The van der Waals surface area contributed by atoms with Crippen molar-refractivity contribution in [3.63, 3.8) is 0 Å². The zero-order valence-corrected chi connectivity index (χ0v) is 15.7. The first-order valence-electron chi connectivity index (χ1n) is 8.57. The van der Waals surface area contributed by atoms with E-state index in [9.17, 15) is 4.39 Å². The third kappa shape index (κ3) is 6.18. The highest BCUT2D eigenvalue weighted by Gasteiger charge is 2.22. The Balaban J connectivity index is 0.00000225. The van der Waals surface area contributed by atoms with Crippen LogP contribution in [0.15, 0.2) is 48.5 Å². The Morgan fingerprint density at radius 3 is 2.48 bits per heavy atom. The van der Waals surface area contributed by atoms with Crippen molar-refractivity contribution in [1.82, 2.24) is 4.90 Å². The number of nitrogens with zero attached hydrogens (tertiary/aromatic N) is 1. The molecule has 1 aliphatic heterocycles. The average molecular weight is 384 g/mol. The molecule has 25 heavy (non-hydrogen) atoms. The molecular formula is C20H24Cl2FNO. The summed E-state index contributed by atoms with van der Waals surface area (Å²) in [5, 5.41) is 0.784. The highest BCUT2D eigenvalue weighted by atomic mass is 35.5. The summed E-state index contributed by atoms with van der Waals surface area (Å²) in [6, 6.07) is 14.9. The normalized spacial score (nSPS) is 17.8. The molecule has 1 saturated heterocycles. The van der Waals surface area contributed by atoms with Gasteiger partial charge in [0.25, 0.3) is 0 Å². The van der Waals surface area contributed by atoms with Crippen LogP contribution in [0.25, 0.3) is 0 Å². The molecule has 0 aliphatic carbocycles. The van der Waals surface area contributed by atoms with Gasteiger partial charge in [0.05, 0.1) is 0 Å². The summed E-state index contributed by atoms with van der Waals surface area (Å²) in [5.74, 6) is 0.490. The minimum absolute atomic E-state index is 0. The van der Waals surface area contributed by atoms with E-state index < -0.39 is 0 Å². The quantitative estimate of drug-likeness (QED) is 0.663. The smallest absolute Gasteiger partial charge is 0.123 e. The number of hydrogen-bond acceptors (Lipinski definition) is 2. The highest BCUT2D eigenvalue weighted by Crippen LogP contribution is 2.21. The van der Waals surface area contributed by atoms with Gasteiger partial charge in [0.1, 0.15) is 18.2 Å². The molecule has 0 amide bonds. The fraction of sp³-hybridized carbons (Fsp3) is 0.400. The summed E-state index contributed by atoms with van der Waals surface area (Å²) in [4.78, 5) is 2.52. The van der Waals surface area contributed by atoms with Crippen molar-refractivity contribution in [2.24, 2.45) is 0 Å². The predicted octanol–water partition coefficient (Wildman–Crippen LogP) is 5.38. The largest absolute Gasteiger partial charge is 0.492 e. The Labute approximate surface area is 160 Å². The Kier molecular flexibility index (Phi) is 8.01. The molecule has 136 valence electrons. The first-order valence-corrected chi connectivity index (χ1v) is 8.95. The molecule has 2 aromatic rings. The van der Waals surface area contributed by atoms with E-state index in [0.29, 0.717) is 12.6 Å². The van der Waals surface area contributed by atoms with E-state index in [1.807, 2.05) is 12.1 Å². The van der Waals surface area contributed by atoms with E-state index in [-0.39, 0.29) is 18.2 Å². The SMILES string of the molecule is Cl.Fc1ccc(OCCN2CCCCC2Cc2ccc(Cl)cc2)cc1. The molecule has 5 heteroatoms. The van der Waals surface area contributed by atoms with Crippen molar-refractivity contribution in [3.8, 4) is 5.75 Å². The van der Waals surface area contributed by atoms with Crippen molar-refractivity contribution < 1.29 is 9.13 Å². The standard InChI is InChI=1S/C20H23ClFNO.ClH/c21-17-6-4-16(5-7-17)15-19-3-1-2-12-23(19)13-14-24-20-10-8-18(22)9-11-20;/h4-11,19H,1-3,12-15H2;1H. The van der Waals surface area contributed by atoms with Crippen LogP contribution in [0.2, 0.25) is 5.02 Å². The average Bonchev–Trinajstić information content (AvgIpc) is 2.60. The van der Waals surface area contributed by atoms with Gasteiger partial charge in [0.2, 0.25) is 0 Å². The fourth-order valence-electron chi connectivity index (χ4n) is 3.29. The van der Waals surface area contributed by atoms with Crippen LogP contribution in [0, 0.1) is 5.82 Å². The summed E-state index contributed by atoms with van der Waals surface area (Å²) in [6.45, 7) is 2.64. The molecule has 2 nitrogen and oxygen atoms in total. The lowest BCUT2D eigenvalue weighted by Crippen LogP contribution is -2.43. The zero-order chi connectivity index (χ0) is 16.8. The van der Waals surface area contributed by atoms with Crippen molar-refractivity contribution in [1.29, 1.82) is 0 Å². The van der Waals surface area contributed by atoms with Crippen LogP contribution >= 0.6 is 24.0 Å². The molecule has 0 radical (unpaired) electrons. The molecule has 0 bridgehead atoms. The minimum atomic E-state index is -0.235. The molecule has 0 saturated carbocycles. The number of halogens is 3. The van der Waals surface area contributed by atoms with E-state index in [4.69, 9.17) is 16.3 Å². The number of hydrogen-bond donors (Lipinski definition) is 0. The number of piperidine rings is 1. The Hall–Kier alpha value is -1.29. The summed E-state index contributed by atoms with van der Waals surface area (Å²) in [5.41, 5.74) is 1.33. The van der Waals surface area contributed by atoms with Gasteiger partial charge in [-0.05, 0) is 67.8 Å². The van der Waals surface area contributed by atoms with Crippen LogP contribution in [0.1, 0.15) is 24.8 Å². The number of rotatable bonds is 6. The van der Waals surface area contributed by atoms with Crippen LogP contribution < -0.4 is 4.74 Å². The highest BCUT2D eigenvalue weighted by molar-refractivity contribution is 6.30. The first kappa shape index (κ1) is 20.0. The molecule has 1 aliphatic rings. The number of ether oxygens (including phenoxy) is 1. The molecule has 1 atom stereocenters. The molecule has 1 heterocycles. The minimum Gasteiger partial charge on any atom is -0.492 e. The van der Waals surface area contributed by atoms with Gasteiger partial charge in [0, 0.05) is 17.6 Å². The molecule has 2 aromatic carbocycles. The lowest BCUT2D eigenvalue weighted by atomic mass is 9.95. The van der Waals surface area contributed by atoms with Crippen molar-refractivity contribution in [2.45, 2.75) is 31.7 Å².